The van der Waals surface area contributed by atoms with Gasteiger partial charge < -0.3 is 15.3 Å². The van der Waals surface area contributed by atoms with Crippen molar-refractivity contribution in [3.8, 4) is 0 Å². The van der Waals surface area contributed by atoms with Gasteiger partial charge >= 0.3 is 0 Å². The van der Waals surface area contributed by atoms with E-state index in [0.717, 1.165) is 12.8 Å². The van der Waals surface area contributed by atoms with Crippen LogP contribution >= 0.6 is 0 Å². The van der Waals surface area contributed by atoms with Gasteiger partial charge in [-0.15, -0.1) is 0 Å². The molecule has 17 heavy (non-hydrogen) atoms. The Morgan fingerprint density at radius 1 is 1.24 bits per heavy atom. The maximum Gasteiger partial charge on any atom is 0.239 e. The summed E-state index contributed by atoms with van der Waals surface area (Å²) in [6.45, 7) is 5.31. The van der Waals surface area contributed by atoms with Crippen LogP contribution in [0.3, 0.4) is 0 Å². The van der Waals surface area contributed by atoms with E-state index in [1.165, 1.54) is 0 Å². The SMILES string of the molecule is CCCNC(=O)CN(CCC)C(=O)CCCO. The van der Waals surface area contributed by atoms with E-state index in [1.807, 2.05) is 13.8 Å². The minimum atomic E-state index is -0.113. The predicted molar refractivity (Wildman–Crippen MR) is 66.5 cm³/mol. The highest BCUT2D eigenvalue weighted by Gasteiger charge is 2.15. The Morgan fingerprint density at radius 3 is 2.47 bits per heavy atom. The Bertz CT molecular complexity index is 232. The first-order valence-corrected chi connectivity index (χ1v) is 6.31. The van der Waals surface area contributed by atoms with Crippen LogP contribution in [0.15, 0.2) is 0 Å². The number of carbonyl (C=O) groups is 2. The molecule has 0 spiro atoms. The zero-order valence-electron chi connectivity index (χ0n) is 10.9. The highest BCUT2D eigenvalue weighted by Crippen LogP contribution is 1.99. The van der Waals surface area contributed by atoms with Gasteiger partial charge in [0.15, 0.2) is 0 Å². The van der Waals surface area contributed by atoms with Crippen LogP contribution in [0.25, 0.3) is 0 Å². The minimum Gasteiger partial charge on any atom is -0.396 e. The topological polar surface area (TPSA) is 69.6 Å². The second kappa shape index (κ2) is 10.1. The van der Waals surface area contributed by atoms with E-state index in [-0.39, 0.29) is 25.0 Å². The number of amides is 2. The first-order chi connectivity index (χ1) is 8.15. The molecule has 0 fully saturated rings. The fourth-order valence-corrected chi connectivity index (χ4v) is 1.44. The molecule has 0 radical (unpaired) electrons. The summed E-state index contributed by atoms with van der Waals surface area (Å²) in [5, 5.41) is 11.4. The van der Waals surface area contributed by atoms with Gasteiger partial charge in [-0.3, -0.25) is 9.59 Å². The lowest BCUT2D eigenvalue weighted by Gasteiger charge is -2.21. The van der Waals surface area contributed by atoms with Crippen molar-refractivity contribution in [2.45, 2.75) is 39.5 Å². The van der Waals surface area contributed by atoms with Crippen molar-refractivity contribution in [3.63, 3.8) is 0 Å². The molecule has 0 saturated heterocycles. The van der Waals surface area contributed by atoms with Crippen molar-refractivity contribution in [1.82, 2.24) is 10.2 Å². The highest BCUT2D eigenvalue weighted by atomic mass is 16.3. The molecule has 2 N–H and O–H groups in total. The van der Waals surface area contributed by atoms with E-state index >= 15 is 0 Å². The fourth-order valence-electron chi connectivity index (χ4n) is 1.44. The van der Waals surface area contributed by atoms with Crippen LogP contribution in [-0.4, -0.2) is 48.1 Å². The van der Waals surface area contributed by atoms with Crippen LogP contribution in [0.5, 0.6) is 0 Å². The molecule has 0 atom stereocenters. The van der Waals surface area contributed by atoms with E-state index in [9.17, 15) is 9.59 Å². The van der Waals surface area contributed by atoms with Crippen molar-refractivity contribution in [3.05, 3.63) is 0 Å². The van der Waals surface area contributed by atoms with Crippen LogP contribution in [0.1, 0.15) is 39.5 Å². The van der Waals surface area contributed by atoms with Gasteiger partial charge in [-0.2, -0.15) is 0 Å². The zero-order valence-corrected chi connectivity index (χ0v) is 10.9. The van der Waals surface area contributed by atoms with Gasteiger partial charge in [0.2, 0.25) is 11.8 Å². The lowest BCUT2D eigenvalue weighted by molar-refractivity contribution is -0.136. The summed E-state index contributed by atoms with van der Waals surface area (Å²) in [7, 11) is 0. The molecule has 0 saturated carbocycles. The van der Waals surface area contributed by atoms with Crippen molar-refractivity contribution in [2.75, 3.05) is 26.2 Å². The number of hydrogen-bond acceptors (Lipinski definition) is 3. The van der Waals surface area contributed by atoms with Crippen molar-refractivity contribution < 1.29 is 14.7 Å². The maximum atomic E-state index is 11.7. The smallest absolute Gasteiger partial charge is 0.239 e. The number of nitrogens with zero attached hydrogens (tertiary/aromatic N) is 1. The van der Waals surface area contributed by atoms with Crippen molar-refractivity contribution in [1.29, 1.82) is 0 Å². The second-order valence-corrected chi connectivity index (χ2v) is 3.99. The summed E-state index contributed by atoms with van der Waals surface area (Å²) >= 11 is 0. The summed E-state index contributed by atoms with van der Waals surface area (Å²) in [5.74, 6) is -0.176. The number of carbonyl (C=O) groups excluding carboxylic acids is 2. The van der Waals surface area contributed by atoms with Crippen LogP contribution < -0.4 is 5.32 Å². The molecule has 0 aliphatic heterocycles. The van der Waals surface area contributed by atoms with Gasteiger partial charge in [0.1, 0.15) is 0 Å². The van der Waals surface area contributed by atoms with E-state index < -0.39 is 0 Å². The molecule has 0 aromatic heterocycles. The van der Waals surface area contributed by atoms with Gasteiger partial charge in [-0.05, 0) is 19.3 Å². The largest absolute Gasteiger partial charge is 0.396 e. The lowest BCUT2D eigenvalue weighted by Crippen LogP contribution is -2.41. The Balaban J connectivity index is 4.12. The van der Waals surface area contributed by atoms with Gasteiger partial charge in [-0.25, -0.2) is 0 Å². The summed E-state index contributed by atoms with van der Waals surface area (Å²) in [6, 6.07) is 0. The van der Waals surface area contributed by atoms with E-state index in [2.05, 4.69) is 5.32 Å². The first kappa shape index (κ1) is 15.9. The average Bonchev–Trinajstić information content (AvgIpc) is 2.32. The molecule has 0 unspecified atom stereocenters. The van der Waals surface area contributed by atoms with Crippen LogP contribution in [0, 0.1) is 0 Å². The molecule has 0 heterocycles. The molecule has 5 heteroatoms. The second-order valence-electron chi connectivity index (χ2n) is 3.99. The Labute approximate surface area is 103 Å². The third-order valence-corrected chi connectivity index (χ3v) is 2.30. The number of aliphatic hydroxyl groups excluding tert-OH is 1. The lowest BCUT2D eigenvalue weighted by atomic mass is 10.2. The molecule has 0 aromatic rings. The number of nitrogens with one attached hydrogen (secondary N) is 1. The minimum absolute atomic E-state index is 0.00767. The average molecular weight is 244 g/mol. The van der Waals surface area contributed by atoms with Crippen LogP contribution in [-0.2, 0) is 9.59 Å². The third kappa shape index (κ3) is 7.74. The van der Waals surface area contributed by atoms with Gasteiger partial charge in [-0.1, -0.05) is 13.8 Å². The molecule has 0 aliphatic rings. The van der Waals surface area contributed by atoms with E-state index in [1.54, 1.807) is 4.90 Å². The Morgan fingerprint density at radius 2 is 1.94 bits per heavy atom. The molecular formula is C12H24N2O3. The molecule has 0 rings (SSSR count). The molecule has 0 aliphatic carbocycles. The standard InChI is InChI=1S/C12H24N2O3/c1-3-7-13-11(16)10-14(8-4-2)12(17)6-5-9-15/h15H,3-10H2,1-2H3,(H,13,16). The first-order valence-electron chi connectivity index (χ1n) is 6.31. The summed E-state index contributed by atoms with van der Waals surface area (Å²) in [6.07, 6.45) is 2.47. The van der Waals surface area contributed by atoms with Crippen LogP contribution in [0.4, 0.5) is 0 Å². The molecular weight excluding hydrogens is 220 g/mol. The molecule has 0 aromatic carbocycles. The molecule has 100 valence electrons. The third-order valence-electron chi connectivity index (χ3n) is 2.30. The quantitative estimate of drug-likeness (QED) is 0.621. The number of rotatable bonds is 9. The summed E-state index contributed by atoms with van der Waals surface area (Å²) in [5.41, 5.74) is 0. The van der Waals surface area contributed by atoms with Gasteiger partial charge in [0.05, 0.1) is 6.54 Å². The highest BCUT2D eigenvalue weighted by molar-refractivity contribution is 5.84. The van der Waals surface area contributed by atoms with Crippen molar-refractivity contribution in [2.24, 2.45) is 0 Å². The molecule has 0 bridgehead atoms. The molecule has 2 amide bonds. The van der Waals surface area contributed by atoms with E-state index in [0.29, 0.717) is 25.9 Å². The maximum absolute atomic E-state index is 11.7. The number of hydrogen-bond donors (Lipinski definition) is 2. The zero-order chi connectivity index (χ0) is 13.1. The van der Waals surface area contributed by atoms with Crippen molar-refractivity contribution >= 4 is 11.8 Å². The summed E-state index contributed by atoms with van der Waals surface area (Å²) < 4.78 is 0. The Hall–Kier alpha value is -1.10. The molecule has 5 nitrogen and oxygen atoms in total. The van der Waals surface area contributed by atoms with Gasteiger partial charge in [0, 0.05) is 26.1 Å². The monoisotopic (exact) mass is 244 g/mol. The van der Waals surface area contributed by atoms with Gasteiger partial charge in [0.25, 0.3) is 0 Å². The van der Waals surface area contributed by atoms with E-state index in [4.69, 9.17) is 5.11 Å². The Kier molecular flexibility index (Phi) is 9.43. The van der Waals surface area contributed by atoms with Crippen LogP contribution in [0.2, 0.25) is 0 Å². The fraction of sp³-hybridized carbons (Fsp3) is 0.833. The predicted octanol–water partition coefficient (Wildman–Crippen LogP) is 0.524. The summed E-state index contributed by atoms with van der Waals surface area (Å²) in [4.78, 5) is 24.8. The normalized spacial score (nSPS) is 10.1. The number of aliphatic hydroxyl groups is 1.